The van der Waals surface area contributed by atoms with Crippen molar-refractivity contribution in [1.82, 2.24) is 14.8 Å². The van der Waals surface area contributed by atoms with E-state index in [1.807, 2.05) is 11.0 Å². The van der Waals surface area contributed by atoms with E-state index in [1.54, 1.807) is 6.33 Å². The van der Waals surface area contributed by atoms with E-state index in [-0.39, 0.29) is 0 Å². The lowest BCUT2D eigenvalue weighted by Gasteiger charge is -2.29. The molecule has 1 aromatic rings. The Balaban J connectivity index is 2.63. The van der Waals surface area contributed by atoms with Gasteiger partial charge in [0, 0.05) is 6.54 Å². The molecule has 0 aliphatic carbocycles. The van der Waals surface area contributed by atoms with Crippen molar-refractivity contribution in [1.29, 1.82) is 0 Å². The second-order valence-corrected chi connectivity index (χ2v) is 4.98. The van der Waals surface area contributed by atoms with Gasteiger partial charge in [-0.3, -0.25) is 4.68 Å². The van der Waals surface area contributed by atoms with E-state index in [2.05, 4.69) is 37.8 Å². The largest absolute Gasteiger partial charge is 0.253 e. The normalized spacial score (nSPS) is 15.3. The third-order valence-electron chi connectivity index (χ3n) is 3.50. The van der Waals surface area contributed by atoms with Crippen LogP contribution in [0.1, 0.15) is 47.0 Å². The number of hydrogen-bond donors (Lipinski definition) is 0. The van der Waals surface area contributed by atoms with Crippen molar-refractivity contribution in [3.63, 3.8) is 0 Å². The summed E-state index contributed by atoms with van der Waals surface area (Å²) in [5, 5.41) is 4.21. The van der Waals surface area contributed by atoms with Crippen LogP contribution in [-0.4, -0.2) is 14.8 Å². The van der Waals surface area contributed by atoms with Crippen LogP contribution in [0.15, 0.2) is 12.7 Å². The molecule has 0 bridgehead atoms. The summed E-state index contributed by atoms with van der Waals surface area (Å²) >= 11 is 0. The summed E-state index contributed by atoms with van der Waals surface area (Å²) in [6, 6.07) is 0. The Morgan fingerprint density at radius 2 is 2.00 bits per heavy atom. The molecule has 1 heterocycles. The molecule has 0 aliphatic rings. The Kier molecular flexibility index (Phi) is 5.50. The van der Waals surface area contributed by atoms with Crippen molar-refractivity contribution in [3.8, 4) is 0 Å². The number of rotatable bonds is 7. The van der Waals surface area contributed by atoms with Crippen molar-refractivity contribution in [2.45, 2.75) is 53.5 Å². The molecular weight excluding hydrogens is 198 g/mol. The van der Waals surface area contributed by atoms with Gasteiger partial charge in [-0.1, -0.05) is 47.0 Å². The fourth-order valence-corrected chi connectivity index (χ4v) is 2.58. The molecule has 1 rings (SSSR count). The van der Waals surface area contributed by atoms with Gasteiger partial charge in [0.25, 0.3) is 0 Å². The third-order valence-corrected chi connectivity index (χ3v) is 3.50. The SMILES string of the molecule is CCC[C@@H](C(C)C)[C@H](CC)Cn1cncn1. The Hall–Kier alpha value is -0.860. The van der Waals surface area contributed by atoms with Crippen molar-refractivity contribution in [2.24, 2.45) is 17.8 Å². The molecule has 16 heavy (non-hydrogen) atoms. The zero-order valence-corrected chi connectivity index (χ0v) is 11.1. The van der Waals surface area contributed by atoms with Gasteiger partial charge in [0.05, 0.1) is 0 Å². The van der Waals surface area contributed by atoms with Crippen molar-refractivity contribution >= 4 is 0 Å². The molecule has 0 saturated heterocycles. The summed E-state index contributed by atoms with van der Waals surface area (Å²) in [6.07, 6.45) is 7.27. The van der Waals surface area contributed by atoms with Crippen LogP contribution in [-0.2, 0) is 6.54 Å². The van der Waals surface area contributed by atoms with Gasteiger partial charge in [-0.05, 0) is 17.8 Å². The van der Waals surface area contributed by atoms with E-state index >= 15 is 0 Å². The van der Waals surface area contributed by atoms with Crippen molar-refractivity contribution in [2.75, 3.05) is 0 Å². The van der Waals surface area contributed by atoms with Crippen LogP contribution < -0.4 is 0 Å². The first-order valence-corrected chi connectivity index (χ1v) is 6.51. The summed E-state index contributed by atoms with van der Waals surface area (Å²) in [4.78, 5) is 4.01. The fraction of sp³-hybridized carbons (Fsp3) is 0.846. The molecule has 3 nitrogen and oxygen atoms in total. The summed E-state index contributed by atoms with van der Waals surface area (Å²) in [6.45, 7) is 10.2. The summed E-state index contributed by atoms with van der Waals surface area (Å²) in [5.74, 6) is 2.29. The minimum absolute atomic E-state index is 0.724. The zero-order chi connectivity index (χ0) is 12.0. The van der Waals surface area contributed by atoms with Gasteiger partial charge in [0.1, 0.15) is 12.7 Å². The van der Waals surface area contributed by atoms with Gasteiger partial charge >= 0.3 is 0 Å². The second-order valence-electron chi connectivity index (χ2n) is 4.98. The molecule has 0 saturated carbocycles. The van der Waals surface area contributed by atoms with Crippen LogP contribution >= 0.6 is 0 Å². The summed E-state index contributed by atoms with van der Waals surface area (Å²) in [5.41, 5.74) is 0. The Labute approximate surface area is 99.3 Å². The van der Waals surface area contributed by atoms with Gasteiger partial charge in [-0.25, -0.2) is 4.98 Å². The average Bonchev–Trinajstić information content (AvgIpc) is 2.75. The predicted octanol–water partition coefficient (Wildman–Crippen LogP) is 3.38. The number of hydrogen-bond acceptors (Lipinski definition) is 2. The lowest BCUT2D eigenvalue weighted by atomic mass is 9.79. The van der Waals surface area contributed by atoms with Crippen LogP contribution in [0.4, 0.5) is 0 Å². The minimum atomic E-state index is 0.724. The maximum absolute atomic E-state index is 4.21. The highest BCUT2D eigenvalue weighted by molar-refractivity contribution is 4.73. The maximum Gasteiger partial charge on any atom is 0.137 e. The van der Waals surface area contributed by atoms with E-state index in [9.17, 15) is 0 Å². The standard InChI is InChI=1S/C13H25N3/c1-5-7-13(11(3)4)12(6-2)8-16-10-14-9-15-16/h9-13H,5-8H2,1-4H3/t12-,13+/m1/s1. The van der Waals surface area contributed by atoms with Crippen LogP contribution in [0.25, 0.3) is 0 Å². The molecule has 0 amide bonds. The van der Waals surface area contributed by atoms with Crippen LogP contribution in [0.5, 0.6) is 0 Å². The number of nitrogens with zero attached hydrogens (tertiary/aromatic N) is 3. The quantitative estimate of drug-likeness (QED) is 0.709. The highest BCUT2D eigenvalue weighted by Crippen LogP contribution is 2.29. The summed E-state index contributed by atoms with van der Waals surface area (Å²) in [7, 11) is 0. The van der Waals surface area contributed by atoms with E-state index < -0.39 is 0 Å². The first-order valence-electron chi connectivity index (χ1n) is 6.51. The molecule has 0 spiro atoms. The van der Waals surface area contributed by atoms with Gasteiger partial charge in [-0.2, -0.15) is 5.10 Å². The van der Waals surface area contributed by atoms with Crippen LogP contribution in [0, 0.1) is 17.8 Å². The Morgan fingerprint density at radius 1 is 1.25 bits per heavy atom. The van der Waals surface area contributed by atoms with Crippen molar-refractivity contribution in [3.05, 3.63) is 12.7 Å². The molecular formula is C13H25N3. The van der Waals surface area contributed by atoms with E-state index in [4.69, 9.17) is 0 Å². The van der Waals surface area contributed by atoms with Crippen LogP contribution in [0.3, 0.4) is 0 Å². The van der Waals surface area contributed by atoms with Crippen LogP contribution in [0.2, 0.25) is 0 Å². The first kappa shape index (κ1) is 13.2. The van der Waals surface area contributed by atoms with Gasteiger partial charge in [0.2, 0.25) is 0 Å². The molecule has 0 aromatic carbocycles. The molecule has 0 radical (unpaired) electrons. The molecule has 0 aliphatic heterocycles. The smallest absolute Gasteiger partial charge is 0.137 e. The zero-order valence-electron chi connectivity index (χ0n) is 11.1. The Bertz CT molecular complexity index is 267. The molecule has 0 unspecified atom stereocenters. The van der Waals surface area contributed by atoms with Gasteiger partial charge in [-0.15, -0.1) is 0 Å². The molecule has 1 aromatic heterocycles. The average molecular weight is 223 g/mol. The van der Waals surface area contributed by atoms with Crippen molar-refractivity contribution < 1.29 is 0 Å². The summed E-state index contributed by atoms with van der Waals surface area (Å²) < 4.78 is 1.97. The molecule has 92 valence electrons. The molecule has 0 fully saturated rings. The lowest BCUT2D eigenvalue weighted by molar-refractivity contribution is 0.200. The van der Waals surface area contributed by atoms with E-state index in [0.717, 1.165) is 24.3 Å². The lowest BCUT2D eigenvalue weighted by Crippen LogP contribution is -2.24. The topological polar surface area (TPSA) is 30.7 Å². The molecule has 0 N–H and O–H groups in total. The molecule has 2 atom stereocenters. The number of aromatic nitrogens is 3. The maximum atomic E-state index is 4.21. The predicted molar refractivity (Wildman–Crippen MR) is 67.0 cm³/mol. The Morgan fingerprint density at radius 3 is 2.44 bits per heavy atom. The third kappa shape index (κ3) is 3.62. The highest BCUT2D eigenvalue weighted by atomic mass is 15.3. The van der Waals surface area contributed by atoms with E-state index in [0.29, 0.717) is 0 Å². The minimum Gasteiger partial charge on any atom is -0.253 e. The fourth-order valence-electron chi connectivity index (χ4n) is 2.58. The van der Waals surface area contributed by atoms with E-state index in [1.165, 1.54) is 19.3 Å². The monoisotopic (exact) mass is 223 g/mol. The van der Waals surface area contributed by atoms with Gasteiger partial charge < -0.3 is 0 Å². The highest BCUT2D eigenvalue weighted by Gasteiger charge is 2.22. The second kappa shape index (κ2) is 6.66. The molecule has 3 heteroatoms. The first-order chi connectivity index (χ1) is 7.69. The van der Waals surface area contributed by atoms with Gasteiger partial charge in [0.15, 0.2) is 0 Å².